The van der Waals surface area contributed by atoms with Crippen molar-refractivity contribution in [2.45, 2.75) is 13.8 Å². The summed E-state index contributed by atoms with van der Waals surface area (Å²) in [5.74, 6) is -1.02. The standard InChI is InChI=1S/C7H8N2O2.C6H10.V/c8-5-1-4(7(10)11)2-6(9)3-5;1-4-5-6(2)3;/h1-3H,8-9H2,(H,10,11);4-5H,1H2,2-3H3;. The molecule has 0 amide bonds. The second kappa shape index (κ2) is 9.39. The van der Waals surface area contributed by atoms with Crippen molar-refractivity contribution in [3.63, 3.8) is 0 Å². The molecule has 5 heteroatoms. The van der Waals surface area contributed by atoms with Gasteiger partial charge in [-0.25, -0.2) is 4.79 Å². The number of benzene rings is 1. The Labute approximate surface area is 119 Å². The maximum absolute atomic E-state index is 10.4. The van der Waals surface area contributed by atoms with Crippen LogP contribution in [0.2, 0.25) is 0 Å². The number of anilines is 2. The van der Waals surface area contributed by atoms with Gasteiger partial charge in [0.1, 0.15) is 0 Å². The molecule has 0 unspecified atom stereocenters. The van der Waals surface area contributed by atoms with Gasteiger partial charge in [0.05, 0.1) is 5.56 Å². The van der Waals surface area contributed by atoms with Gasteiger partial charge in [0.25, 0.3) is 0 Å². The van der Waals surface area contributed by atoms with Crippen LogP contribution in [0.15, 0.2) is 42.5 Å². The van der Waals surface area contributed by atoms with Crippen molar-refractivity contribution in [1.29, 1.82) is 0 Å². The molecule has 0 spiro atoms. The van der Waals surface area contributed by atoms with Crippen molar-refractivity contribution in [2.75, 3.05) is 11.5 Å². The quantitative estimate of drug-likeness (QED) is 0.575. The predicted octanol–water partition coefficient (Wildman–Crippen LogP) is 2.69. The zero-order chi connectivity index (χ0) is 13.4. The molecule has 4 nitrogen and oxygen atoms in total. The summed E-state index contributed by atoms with van der Waals surface area (Å²) in [5, 5.41) is 8.52. The molecule has 0 heterocycles. The first-order valence-corrected chi connectivity index (χ1v) is 5.02. The van der Waals surface area contributed by atoms with E-state index in [4.69, 9.17) is 16.6 Å². The van der Waals surface area contributed by atoms with E-state index in [2.05, 4.69) is 6.58 Å². The van der Waals surface area contributed by atoms with Crippen LogP contribution in [0.1, 0.15) is 24.2 Å². The summed E-state index contributed by atoms with van der Waals surface area (Å²) in [4.78, 5) is 10.4. The second-order valence-corrected chi connectivity index (χ2v) is 3.67. The number of nitrogen functional groups attached to an aromatic ring is 2. The number of rotatable bonds is 2. The molecule has 5 N–H and O–H groups in total. The fourth-order valence-electron chi connectivity index (χ4n) is 1.04. The first-order valence-electron chi connectivity index (χ1n) is 5.02. The van der Waals surface area contributed by atoms with Crippen molar-refractivity contribution in [2.24, 2.45) is 0 Å². The Hall–Kier alpha value is -1.65. The molecule has 18 heavy (non-hydrogen) atoms. The van der Waals surface area contributed by atoms with Gasteiger partial charge in [0.15, 0.2) is 0 Å². The Morgan fingerprint density at radius 1 is 1.22 bits per heavy atom. The molecule has 0 aliphatic carbocycles. The Kier molecular flexibility index (Phi) is 9.76. The molecule has 1 aromatic rings. The summed E-state index contributed by atoms with van der Waals surface area (Å²) >= 11 is 0. The number of carboxylic acids is 1. The van der Waals surface area contributed by atoms with Gasteiger partial charge in [-0.2, -0.15) is 0 Å². The average molecular weight is 285 g/mol. The van der Waals surface area contributed by atoms with Gasteiger partial charge in [-0.05, 0) is 32.0 Å². The van der Waals surface area contributed by atoms with Crippen molar-refractivity contribution in [3.05, 3.63) is 48.1 Å². The molecule has 0 fully saturated rings. The molecule has 0 atom stereocenters. The van der Waals surface area contributed by atoms with Crippen LogP contribution in [0.5, 0.6) is 0 Å². The summed E-state index contributed by atoms with van der Waals surface area (Å²) in [6.45, 7) is 7.61. The molecule has 0 aliphatic rings. The van der Waals surface area contributed by atoms with Crippen molar-refractivity contribution < 1.29 is 28.5 Å². The molecular weight excluding hydrogens is 267 g/mol. The largest absolute Gasteiger partial charge is 0.478 e. The van der Waals surface area contributed by atoms with E-state index in [9.17, 15) is 4.79 Å². The minimum atomic E-state index is -1.02. The van der Waals surface area contributed by atoms with E-state index in [0.29, 0.717) is 11.4 Å². The van der Waals surface area contributed by atoms with Gasteiger partial charge >= 0.3 is 5.97 Å². The third-order valence-electron chi connectivity index (χ3n) is 1.68. The van der Waals surface area contributed by atoms with Crippen molar-refractivity contribution in [3.8, 4) is 0 Å². The van der Waals surface area contributed by atoms with E-state index in [1.54, 1.807) is 6.08 Å². The molecule has 0 saturated carbocycles. The van der Waals surface area contributed by atoms with Gasteiger partial charge in [-0.1, -0.05) is 24.3 Å². The van der Waals surface area contributed by atoms with Crippen LogP contribution in [0.4, 0.5) is 11.4 Å². The number of carbonyl (C=O) groups is 1. The molecule has 97 valence electrons. The summed E-state index contributed by atoms with van der Waals surface area (Å²) < 4.78 is 0. The number of hydrogen-bond donors (Lipinski definition) is 3. The summed E-state index contributed by atoms with van der Waals surface area (Å²) in [6, 6.07) is 4.23. The van der Waals surface area contributed by atoms with E-state index in [1.165, 1.54) is 23.8 Å². The van der Waals surface area contributed by atoms with E-state index >= 15 is 0 Å². The maximum atomic E-state index is 10.4. The Morgan fingerprint density at radius 3 is 1.89 bits per heavy atom. The third kappa shape index (κ3) is 8.50. The van der Waals surface area contributed by atoms with Gasteiger partial charge in [0, 0.05) is 29.9 Å². The SMILES string of the molecule is C=CC=C(C)C.Nc1cc(N)cc(C(=O)O)c1.[V]. The van der Waals surface area contributed by atoms with Crippen molar-refractivity contribution >= 4 is 17.3 Å². The smallest absolute Gasteiger partial charge is 0.335 e. The van der Waals surface area contributed by atoms with Crippen LogP contribution in [0.25, 0.3) is 0 Å². The zero-order valence-electron chi connectivity index (χ0n) is 10.6. The first-order chi connectivity index (χ1) is 7.86. The number of carboxylic acid groups (broad SMARTS) is 1. The normalized spacial score (nSPS) is 8.11. The van der Waals surface area contributed by atoms with Crippen LogP contribution < -0.4 is 11.5 Å². The third-order valence-corrected chi connectivity index (χ3v) is 1.68. The van der Waals surface area contributed by atoms with Gasteiger partial charge < -0.3 is 16.6 Å². The second-order valence-electron chi connectivity index (χ2n) is 3.67. The van der Waals surface area contributed by atoms with E-state index in [-0.39, 0.29) is 24.1 Å². The van der Waals surface area contributed by atoms with Crippen molar-refractivity contribution in [1.82, 2.24) is 0 Å². The zero-order valence-corrected chi connectivity index (χ0v) is 11.9. The van der Waals surface area contributed by atoms with Crippen LogP contribution in [0.3, 0.4) is 0 Å². The van der Waals surface area contributed by atoms with E-state index < -0.39 is 5.97 Å². The molecule has 1 rings (SSSR count). The van der Waals surface area contributed by atoms with Crippen LogP contribution in [0, 0.1) is 0 Å². The van der Waals surface area contributed by atoms with Gasteiger partial charge in [0.2, 0.25) is 0 Å². The molecule has 1 aromatic carbocycles. The summed E-state index contributed by atoms with van der Waals surface area (Å²) in [6.07, 6.45) is 3.76. The Morgan fingerprint density at radius 2 is 1.67 bits per heavy atom. The fourth-order valence-corrected chi connectivity index (χ4v) is 1.04. The Bertz CT molecular complexity index is 418. The summed E-state index contributed by atoms with van der Waals surface area (Å²) in [7, 11) is 0. The van der Waals surface area contributed by atoms with Crippen LogP contribution >= 0.6 is 0 Å². The minimum Gasteiger partial charge on any atom is -0.478 e. The minimum absolute atomic E-state index is 0. The van der Waals surface area contributed by atoms with Gasteiger partial charge in [-0.3, -0.25) is 0 Å². The summed E-state index contributed by atoms with van der Waals surface area (Å²) in [5.41, 5.74) is 12.8. The van der Waals surface area contributed by atoms with E-state index in [1.807, 2.05) is 19.9 Å². The number of aromatic carboxylic acids is 1. The number of hydrogen-bond acceptors (Lipinski definition) is 3. The fraction of sp³-hybridized carbons (Fsp3) is 0.154. The number of allylic oxidation sites excluding steroid dienone is 3. The van der Waals surface area contributed by atoms with Gasteiger partial charge in [-0.15, -0.1) is 0 Å². The first kappa shape index (κ1) is 18.7. The molecule has 0 saturated heterocycles. The van der Waals surface area contributed by atoms with Crippen LogP contribution in [-0.2, 0) is 18.6 Å². The molecular formula is C13H18N2O2V. The molecule has 1 radical (unpaired) electrons. The average Bonchev–Trinajstić information content (AvgIpc) is 2.16. The maximum Gasteiger partial charge on any atom is 0.335 e. The topological polar surface area (TPSA) is 89.3 Å². The Balaban J connectivity index is 0. The monoisotopic (exact) mass is 285 g/mol. The predicted molar refractivity (Wildman–Crippen MR) is 71.9 cm³/mol. The molecule has 0 aromatic heterocycles. The van der Waals surface area contributed by atoms with Crippen LogP contribution in [-0.4, -0.2) is 11.1 Å². The number of nitrogens with two attached hydrogens (primary N) is 2. The molecule has 0 aliphatic heterocycles. The molecule has 0 bridgehead atoms. The van der Waals surface area contributed by atoms with E-state index in [0.717, 1.165) is 0 Å².